The molecule has 0 spiro atoms. The van der Waals surface area contributed by atoms with Gasteiger partial charge in [0, 0.05) is 39.0 Å². The van der Waals surface area contributed by atoms with E-state index in [4.69, 9.17) is 0 Å². The molecule has 2 N–H and O–H groups in total. The van der Waals surface area contributed by atoms with Crippen molar-refractivity contribution in [2.45, 2.75) is 50.5 Å². The van der Waals surface area contributed by atoms with Crippen molar-refractivity contribution < 1.29 is 19.8 Å². The number of rotatable bonds is 7. The summed E-state index contributed by atoms with van der Waals surface area (Å²) < 4.78 is 0. The third-order valence-corrected chi connectivity index (χ3v) is 6.82. The Morgan fingerprint density at radius 1 is 1.13 bits per heavy atom. The molecule has 0 unspecified atom stereocenters. The Balaban J connectivity index is 1.42. The minimum absolute atomic E-state index is 0.0345. The minimum Gasteiger partial charge on any atom is -0.481 e. The Bertz CT molecular complexity index is 970. The molecule has 1 aliphatic heterocycles. The monoisotopic (exact) mass is 426 g/mol. The number of carbonyl (C=O) groups excluding carboxylic acids is 1. The van der Waals surface area contributed by atoms with Crippen molar-refractivity contribution in [2.75, 3.05) is 31.6 Å². The number of fused-ring (bicyclic) bond motifs is 1. The third-order valence-electron chi connectivity index (χ3n) is 6.82. The SMILES string of the molecule is CN(C[C@@]1(O)CCN(c2ccnc3cccnc23)C1)C(=O)CC1(CC(=O)O)CCCC1. The highest BCUT2D eigenvalue weighted by molar-refractivity contribution is 5.87. The van der Waals surface area contributed by atoms with Gasteiger partial charge in [-0.05, 0) is 42.9 Å². The highest BCUT2D eigenvalue weighted by atomic mass is 16.4. The Morgan fingerprint density at radius 3 is 2.65 bits per heavy atom. The van der Waals surface area contributed by atoms with Crippen LogP contribution < -0.4 is 4.90 Å². The highest BCUT2D eigenvalue weighted by Crippen LogP contribution is 2.44. The Kier molecular flexibility index (Phi) is 5.83. The number of aliphatic hydroxyl groups is 1. The van der Waals surface area contributed by atoms with Crippen molar-refractivity contribution in [3.8, 4) is 0 Å². The smallest absolute Gasteiger partial charge is 0.303 e. The number of amides is 1. The number of pyridine rings is 2. The van der Waals surface area contributed by atoms with Gasteiger partial charge in [-0.1, -0.05) is 12.8 Å². The van der Waals surface area contributed by atoms with E-state index in [2.05, 4.69) is 14.9 Å². The molecule has 1 saturated carbocycles. The van der Waals surface area contributed by atoms with Gasteiger partial charge in [0.15, 0.2) is 0 Å². The number of likely N-dealkylation sites (N-methyl/N-ethyl adjacent to an activating group) is 1. The fourth-order valence-corrected chi connectivity index (χ4v) is 5.26. The summed E-state index contributed by atoms with van der Waals surface area (Å²) in [7, 11) is 1.70. The average Bonchev–Trinajstić information content (AvgIpc) is 3.33. The number of hydrogen-bond donors (Lipinski definition) is 2. The van der Waals surface area contributed by atoms with Crippen LogP contribution in [0.5, 0.6) is 0 Å². The van der Waals surface area contributed by atoms with E-state index < -0.39 is 17.0 Å². The van der Waals surface area contributed by atoms with Gasteiger partial charge in [-0.3, -0.25) is 19.6 Å². The largest absolute Gasteiger partial charge is 0.481 e. The van der Waals surface area contributed by atoms with Crippen LogP contribution in [0.1, 0.15) is 44.9 Å². The van der Waals surface area contributed by atoms with Crippen molar-refractivity contribution in [1.82, 2.24) is 14.9 Å². The molecule has 2 fully saturated rings. The van der Waals surface area contributed by atoms with Crippen LogP contribution in [0.15, 0.2) is 30.6 Å². The van der Waals surface area contributed by atoms with Gasteiger partial charge in [0.25, 0.3) is 0 Å². The molecule has 0 aromatic carbocycles. The average molecular weight is 427 g/mol. The summed E-state index contributed by atoms with van der Waals surface area (Å²) in [4.78, 5) is 36.7. The molecular formula is C23H30N4O4. The van der Waals surface area contributed by atoms with Gasteiger partial charge < -0.3 is 20.0 Å². The number of carbonyl (C=O) groups is 2. The van der Waals surface area contributed by atoms with E-state index in [-0.39, 0.29) is 25.3 Å². The van der Waals surface area contributed by atoms with Gasteiger partial charge in [-0.2, -0.15) is 0 Å². The van der Waals surface area contributed by atoms with Gasteiger partial charge in [-0.15, -0.1) is 0 Å². The van der Waals surface area contributed by atoms with Gasteiger partial charge in [0.2, 0.25) is 5.91 Å². The van der Waals surface area contributed by atoms with Crippen LogP contribution in [0.2, 0.25) is 0 Å². The van der Waals surface area contributed by atoms with E-state index in [0.717, 1.165) is 42.4 Å². The number of β-amino-alcohol motifs (C(OH)–C–C–N with tert-alkyl or cyclic N) is 1. The van der Waals surface area contributed by atoms with E-state index in [1.807, 2.05) is 18.2 Å². The zero-order valence-corrected chi connectivity index (χ0v) is 18.0. The van der Waals surface area contributed by atoms with E-state index >= 15 is 0 Å². The maximum atomic E-state index is 12.9. The first-order valence-corrected chi connectivity index (χ1v) is 10.9. The maximum absolute atomic E-state index is 12.9. The predicted octanol–water partition coefficient (Wildman–Crippen LogP) is 2.45. The Hall–Kier alpha value is -2.74. The molecule has 1 aliphatic carbocycles. The zero-order valence-electron chi connectivity index (χ0n) is 18.0. The predicted molar refractivity (Wildman–Crippen MR) is 117 cm³/mol. The lowest BCUT2D eigenvalue weighted by Gasteiger charge is -2.33. The summed E-state index contributed by atoms with van der Waals surface area (Å²) in [5.74, 6) is -0.938. The summed E-state index contributed by atoms with van der Waals surface area (Å²) in [5, 5.41) is 20.5. The second kappa shape index (κ2) is 8.42. The van der Waals surface area contributed by atoms with E-state index in [9.17, 15) is 19.8 Å². The molecule has 0 radical (unpaired) electrons. The van der Waals surface area contributed by atoms with E-state index in [0.29, 0.717) is 19.5 Å². The maximum Gasteiger partial charge on any atom is 0.303 e. The lowest BCUT2D eigenvalue weighted by Crippen LogP contribution is -2.46. The lowest BCUT2D eigenvalue weighted by atomic mass is 9.79. The second-order valence-electron chi connectivity index (χ2n) is 9.30. The molecule has 1 amide bonds. The summed E-state index contributed by atoms with van der Waals surface area (Å²) in [6.07, 6.45) is 7.78. The molecule has 4 rings (SSSR count). The normalized spacial score (nSPS) is 22.7. The standard InChI is InChI=1S/C23H30N4O4/c1-26(19(28)13-22(14-20(29)30)7-2-3-8-22)15-23(31)9-12-27(16-23)18-6-11-24-17-5-4-10-25-21(17)18/h4-6,10-11,31H,2-3,7-9,12-16H2,1H3,(H,29,30)/t23-/m0/s1. The van der Waals surface area contributed by atoms with Crippen molar-refractivity contribution >= 4 is 28.6 Å². The number of aromatic nitrogens is 2. The lowest BCUT2D eigenvalue weighted by molar-refractivity contribution is -0.142. The fraction of sp³-hybridized carbons (Fsp3) is 0.565. The van der Waals surface area contributed by atoms with Crippen LogP contribution >= 0.6 is 0 Å². The van der Waals surface area contributed by atoms with E-state index in [1.165, 1.54) is 0 Å². The number of anilines is 1. The summed E-state index contributed by atoms with van der Waals surface area (Å²) >= 11 is 0. The molecule has 166 valence electrons. The Labute approximate surface area is 181 Å². The van der Waals surface area contributed by atoms with Gasteiger partial charge in [-0.25, -0.2) is 0 Å². The molecule has 1 atom stereocenters. The number of carboxylic acid groups (broad SMARTS) is 1. The molecule has 8 heteroatoms. The quantitative estimate of drug-likeness (QED) is 0.700. The minimum atomic E-state index is -1.02. The molecule has 2 aromatic rings. The highest BCUT2D eigenvalue weighted by Gasteiger charge is 2.42. The molecule has 2 aliphatic rings. The summed E-state index contributed by atoms with van der Waals surface area (Å²) in [5.41, 5.74) is 1.08. The van der Waals surface area contributed by atoms with Crippen LogP contribution in [0.25, 0.3) is 11.0 Å². The molecular weight excluding hydrogens is 396 g/mol. The zero-order chi connectivity index (χ0) is 22.1. The molecule has 31 heavy (non-hydrogen) atoms. The first-order chi connectivity index (χ1) is 14.8. The summed E-state index contributed by atoms with van der Waals surface area (Å²) in [6, 6.07) is 5.67. The molecule has 1 saturated heterocycles. The number of aliphatic carboxylic acids is 1. The van der Waals surface area contributed by atoms with Gasteiger partial charge >= 0.3 is 5.97 Å². The first kappa shape index (κ1) is 21.5. The molecule has 8 nitrogen and oxygen atoms in total. The Morgan fingerprint density at radius 2 is 1.90 bits per heavy atom. The van der Waals surface area contributed by atoms with Crippen molar-refractivity contribution in [3.63, 3.8) is 0 Å². The van der Waals surface area contributed by atoms with Crippen molar-refractivity contribution in [3.05, 3.63) is 30.6 Å². The fourth-order valence-electron chi connectivity index (χ4n) is 5.26. The van der Waals surface area contributed by atoms with Crippen LogP contribution in [0.4, 0.5) is 5.69 Å². The molecule has 0 bridgehead atoms. The molecule has 2 aromatic heterocycles. The van der Waals surface area contributed by atoms with Crippen molar-refractivity contribution in [2.24, 2.45) is 5.41 Å². The van der Waals surface area contributed by atoms with Crippen LogP contribution in [-0.2, 0) is 9.59 Å². The molecule has 3 heterocycles. The van der Waals surface area contributed by atoms with Crippen molar-refractivity contribution in [1.29, 1.82) is 0 Å². The number of nitrogens with zero attached hydrogens (tertiary/aromatic N) is 4. The van der Waals surface area contributed by atoms with Gasteiger partial charge in [0.05, 0.1) is 24.2 Å². The van der Waals surface area contributed by atoms with Crippen LogP contribution in [0, 0.1) is 5.41 Å². The van der Waals surface area contributed by atoms with Gasteiger partial charge in [0.1, 0.15) is 11.1 Å². The summed E-state index contributed by atoms with van der Waals surface area (Å²) in [6.45, 7) is 1.29. The van der Waals surface area contributed by atoms with E-state index in [1.54, 1.807) is 24.3 Å². The number of carboxylic acids is 1. The second-order valence-corrected chi connectivity index (χ2v) is 9.30. The third kappa shape index (κ3) is 4.63. The first-order valence-electron chi connectivity index (χ1n) is 10.9. The topological polar surface area (TPSA) is 107 Å². The van der Waals surface area contributed by atoms with Crippen LogP contribution in [-0.4, -0.2) is 69.2 Å². The number of hydrogen-bond acceptors (Lipinski definition) is 6. The van der Waals surface area contributed by atoms with Crippen LogP contribution in [0.3, 0.4) is 0 Å².